The van der Waals surface area contributed by atoms with Gasteiger partial charge in [-0.2, -0.15) is 0 Å². The minimum Gasteiger partial charge on any atom is -0.497 e. The van der Waals surface area contributed by atoms with Gasteiger partial charge in [0.2, 0.25) is 0 Å². The van der Waals surface area contributed by atoms with E-state index < -0.39 is 0 Å². The minimum absolute atomic E-state index is 0.856. The molecule has 16 heavy (non-hydrogen) atoms. The Morgan fingerprint density at radius 1 is 0.875 bits per heavy atom. The molecule has 0 spiro atoms. The lowest BCUT2D eigenvalue weighted by Gasteiger charge is -2.09. The Kier molecular flexibility index (Phi) is 3.66. The fourth-order valence-electron chi connectivity index (χ4n) is 1.52. The van der Waals surface area contributed by atoms with E-state index in [0.717, 1.165) is 25.8 Å². The Labute approximate surface area is 112 Å². The predicted molar refractivity (Wildman–Crippen MR) is 73.8 cm³/mol. The molecule has 2 rings (SSSR count). The molecule has 82 valence electrons. The molecule has 1 nitrogen and oxygen atoms in total. The molecule has 0 unspecified atom stereocenters. The second kappa shape index (κ2) is 5.02. The van der Waals surface area contributed by atoms with Gasteiger partial charge in [-0.3, -0.25) is 0 Å². The third-order valence-electron chi connectivity index (χ3n) is 2.34. The van der Waals surface area contributed by atoms with Crippen molar-refractivity contribution in [2.24, 2.45) is 0 Å². The smallest absolute Gasteiger partial charge is 0.119 e. The molecule has 2 aromatic rings. The van der Waals surface area contributed by atoms with Gasteiger partial charge in [-0.05, 0) is 29.8 Å². The van der Waals surface area contributed by atoms with Crippen molar-refractivity contribution in [3.8, 4) is 16.9 Å². The van der Waals surface area contributed by atoms with E-state index in [1.165, 1.54) is 0 Å². The quantitative estimate of drug-likeness (QED) is 0.755. The number of hydrogen-bond acceptors (Lipinski definition) is 1. The summed E-state index contributed by atoms with van der Waals surface area (Å²) in [7, 11) is 1.67. The molecule has 0 aliphatic rings. The first-order chi connectivity index (χ1) is 7.72. The van der Waals surface area contributed by atoms with Crippen LogP contribution in [0.25, 0.3) is 11.1 Å². The average Bonchev–Trinajstić information content (AvgIpc) is 2.31. The highest BCUT2D eigenvalue weighted by Crippen LogP contribution is 2.35. The summed E-state index contributed by atoms with van der Waals surface area (Å²) >= 11 is 7.11. The molecule has 0 saturated heterocycles. The molecular formula is C13H10Br2O. The van der Waals surface area contributed by atoms with E-state index in [-0.39, 0.29) is 0 Å². The standard InChI is InChI=1S/C13H10Br2O/c1-16-9-6-7-13(15)11(8-9)10-4-2-3-5-12(10)14/h2-8H,1H3. The summed E-state index contributed by atoms with van der Waals surface area (Å²) in [5, 5.41) is 0. The van der Waals surface area contributed by atoms with Crippen LogP contribution in [0.3, 0.4) is 0 Å². The summed E-state index contributed by atoms with van der Waals surface area (Å²) < 4.78 is 7.36. The number of rotatable bonds is 2. The van der Waals surface area contributed by atoms with Crippen molar-refractivity contribution in [3.63, 3.8) is 0 Å². The number of ether oxygens (including phenoxy) is 1. The molecule has 2 aromatic carbocycles. The van der Waals surface area contributed by atoms with Crippen molar-refractivity contribution in [2.75, 3.05) is 7.11 Å². The normalized spacial score (nSPS) is 10.2. The maximum atomic E-state index is 5.24. The zero-order valence-electron chi connectivity index (χ0n) is 8.71. The molecule has 0 aliphatic heterocycles. The van der Waals surface area contributed by atoms with E-state index in [1.807, 2.05) is 36.4 Å². The van der Waals surface area contributed by atoms with Gasteiger partial charge in [0.1, 0.15) is 5.75 Å². The Balaban J connectivity index is 2.59. The van der Waals surface area contributed by atoms with Crippen LogP contribution in [0.4, 0.5) is 0 Å². The van der Waals surface area contributed by atoms with Crippen LogP contribution in [0, 0.1) is 0 Å². The van der Waals surface area contributed by atoms with Crippen LogP contribution in [-0.2, 0) is 0 Å². The van der Waals surface area contributed by atoms with E-state index in [2.05, 4.69) is 37.9 Å². The van der Waals surface area contributed by atoms with Gasteiger partial charge >= 0.3 is 0 Å². The summed E-state index contributed by atoms with van der Waals surface area (Å²) in [6.07, 6.45) is 0. The highest BCUT2D eigenvalue weighted by Gasteiger charge is 2.07. The van der Waals surface area contributed by atoms with Crippen LogP contribution < -0.4 is 4.74 Å². The third-order valence-corrected chi connectivity index (χ3v) is 3.72. The molecule has 3 heteroatoms. The van der Waals surface area contributed by atoms with Gasteiger partial charge in [-0.15, -0.1) is 0 Å². The lowest BCUT2D eigenvalue weighted by Crippen LogP contribution is -1.86. The van der Waals surface area contributed by atoms with Crippen molar-refractivity contribution in [2.45, 2.75) is 0 Å². The van der Waals surface area contributed by atoms with Crippen molar-refractivity contribution in [1.82, 2.24) is 0 Å². The van der Waals surface area contributed by atoms with E-state index in [4.69, 9.17) is 4.74 Å². The van der Waals surface area contributed by atoms with E-state index >= 15 is 0 Å². The van der Waals surface area contributed by atoms with Crippen LogP contribution in [-0.4, -0.2) is 7.11 Å². The Bertz CT molecular complexity index is 509. The second-order valence-electron chi connectivity index (χ2n) is 3.33. The molecule has 0 amide bonds. The lowest BCUT2D eigenvalue weighted by molar-refractivity contribution is 0.415. The van der Waals surface area contributed by atoms with E-state index in [9.17, 15) is 0 Å². The van der Waals surface area contributed by atoms with Gasteiger partial charge in [0.15, 0.2) is 0 Å². The molecule has 0 N–H and O–H groups in total. The minimum atomic E-state index is 0.856. The van der Waals surface area contributed by atoms with Crippen LogP contribution in [0.15, 0.2) is 51.4 Å². The van der Waals surface area contributed by atoms with Crippen LogP contribution in [0.2, 0.25) is 0 Å². The lowest BCUT2D eigenvalue weighted by atomic mass is 10.1. The molecule has 0 atom stereocenters. The first-order valence-electron chi connectivity index (χ1n) is 4.81. The van der Waals surface area contributed by atoms with Crippen LogP contribution in [0.5, 0.6) is 5.75 Å². The molecule has 0 radical (unpaired) electrons. The molecule has 0 bridgehead atoms. The molecule has 0 fully saturated rings. The van der Waals surface area contributed by atoms with E-state index in [1.54, 1.807) is 7.11 Å². The fourth-order valence-corrected chi connectivity index (χ4v) is 2.48. The number of benzene rings is 2. The summed E-state index contributed by atoms with van der Waals surface area (Å²) in [6, 6.07) is 14.1. The van der Waals surface area contributed by atoms with E-state index in [0.29, 0.717) is 0 Å². The predicted octanol–water partition coefficient (Wildman–Crippen LogP) is 4.89. The van der Waals surface area contributed by atoms with Gasteiger partial charge in [0.25, 0.3) is 0 Å². The molecule has 0 aliphatic carbocycles. The summed E-state index contributed by atoms with van der Waals surface area (Å²) in [4.78, 5) is 0. The van der Waals surface area contributed by atoms with Crippen molar-refractivity contribution >= 4 is 31.9 Å². The van der Waals surface area contributed by atoms with Crippen molar-refractivity contribution in [1.29, 1.82) is 0 Å². The number of methoxy groups -OCH3 is 1. The van der Waals surface area contributed by atoms with Gasteiger partial charge < -0.3 is 4.74 Å². The zero-order chi connectivity index (χ0) is 11.5. The van der Waals surface area contributed by atoms with Crippen molar-refractivity contribution < 1.29 is 4.74 Å². The molecular weight excluding hydrogens is 332 g/mol. The second-order valence-corrected chi connectivity index (χ2v) is 5.03. The molecule has 0 aromatic heterocycles. The SMILES string of the molecule is COc1ccc(Br)c(-c2ccccc2Br)c1. The van der Waals surface area contributed by atoms with Gasteiger partial charge in [0, 0.05) is 14.5 Å². The Morgan fingerprint density at radius 2 is 1.56 bits per heavy atom. The first kappa shape index (κ1) is 11.7. The summed E-state index contributed by atoms with van der Waals surface area (Å²) in [5.41, 5.74) is 2.26. The average molecular weight is 342 g/mol. The first-order valence-corrected chi connectivity index (χ1v) is 6.39. The zero-order valence-corrected chi connectivity index (χ0v) is 11.9. The van der Waals surface area contributed by atoms with Crippen LogP contribution in [0.1, 0.15) is 0 Å². The highest BCUT2D eigenvalue weighted by atomic mass is 79.9. The summed E-state index contributed by atoms with van der Waals surface area (Å²) in [6.45, 7) is 0. The largest absolute Gasteiger partial charge is 0.497 e. The van der Waals surface area contributed by atoms with Gasteiger partial charge in [-0.1, -0.05) is 50.1 Å². The highest BCUT2D eigenvalue weighted by molar-refractivity contribution is 9.11. The monoisotopic (exact) mass is 340 g/mol. The molecule has 0 heterocycles. The summed E-state index contributed by atoms with van der Waals surface area (Å²) in [5.74, 6) is 0.856. The van der Waals surface area contributed by atoms with Gasteiger partial charge in [0.05, 0.1) is 7.11 Å². The Hall–Kier alpha value is -0.800. The molecule has 0 saturated carbocycles. The van der Waals surface area contributed by atoms with Gasteiger partial charge in [-0.25, -0.2) is 0 Å². The fraction of sp³-hybridized carbons (Fsp3) is 0.0769. The van der Waals surface area contributed by atoms with Crippen LogP contribution >= 0.6 is 31.9 Å². The third kappa shape index (κ3) is 2.30. The number of halogens is 2. The van der Waals surface area contributed by atoms with Crippen molar-refractivity contribution in [3.05, 3.63) is 51.4 Å². The number of hydrogen-bond donors (Lipinski definition) is 0. The topological polar surface area (TPSA) is 9.23 Å². The maximum absolute atomic E-state index is 5.24. The Morgan fingerprint density at radius 3 is 2.25 bits per heavy atom. The maximum Gasteiger partial charge on any atom is 0.119 e.